The third-order valence-corrected chi connectivity index (χ3v) is 3.38. The zero-order valence-electron chi connectivity index (χ0n) is 13.8. The van der Waals surface area contributed by atoms with Crippen LogP contribution < -0.4 is 15.4 Å². The summed E-state index contributed by atoms with van der Waals surface area (Å²) in [5.74, 6) is -0.398. The van der Waals surface area contributed by atoms with Crippen LogP contribution in [0.5, 0.6) is 5.75 Å². The highest BCUT2D eigenvalue weighted by Crippen LogP contribution is 2.27. The number of imidazole rings is 1. The van der Waals surface area contributed by atoms with E-state index >= 15 is 0 Å². The summed E-state index contributed by atoms with van der Waals surface area (Å²) < 4.78 is 42.8. The van der Waals surface area contributed by atoms with Gasteiger partial charge in [0.15, 0.2) is 11.5 Å². The van der Waals surface area contributed by atoms with Crippen LogP contribution >= 0.6 is 0 Å². The molecule has 0 saturated heterocycles. The van der Waals surface area contributed by atoms with Crippen molar-refractivity contribution < 1.29 is 22.7 Å². The molecule has 0 unspecified atom stereocenters. The van der Waals surface area contributed by atoms with Gasteiger partial charge in [-0.1, -0.05) is 12.6 Å². The fourth-order valence-corrected chi connectivity index (χ4v) is 2.31. The lowest BCUT2D eigenvalue weighted by Crippen LogP contribution is -2.21. The standard InChI is InChI=1S/C17H14F3N5O2/c1-2-14(26)22-9-12-10-25-7-6-21-16(25)15(24-12)23-11-4-3-5-13(8-11)27-17(18,19)20/h2-8,10H,1,9H2,(H,22,26)(H,23,24). The van der Waals surface area contributed by atoms with E-state index in [1.165, 1.54) is 18.2 Å². The van der Waals surface area contributed by atoms with Crippen molar-refractivity contribution in [1.82, 2.24) is 19.7 Å². The van der Waals surface area contributed by atoms with E-state index in [4.69, 9.17) is 0 Å². The van der Waals surface area contributed by atoms with Crippen LogP contribution in [0.25, 0.3) is 5.65 Å². The molecule has 2 heterocycles. The molecule has 2 N–H and O–H groups in total. The van der Waals surface area contributed by atoms with Gasteiger partial charge in [-0.25, -0.2) is 9.97 Å². The average molecular weight is 377 g/mol. The summed E-state index contributed by atoms with van der Waals surface area (Å²) in [7, 11) is 0. The van der Waals surface area contributed by atoms with Crippen LogP contribution in [0.4, 0.5) is 24.7 Å². The number of hydrogen-bond donors (Lipinski definition) is 2. The van der Waals surface area contributed by atoms with Gasteiger partial charge in [0.2, 0.25) is 5.91 Å². The molecule has 0 aliphatic carbocycles. The monoisotopic (exact) mass is 377 g/mol. The van der Waals surface area contributed by atoms with E-state index in [0.29, 0.717) is 22.8 Å². The number of nitrogens with one attached hydrogen (secondary N) is 2. The number of benzene rings is 1. The first kappa shape index (κ1) is 18.2. The Labute approximate surface area is 151 Å². The van der Waals surface area contributed by atoms with Gasteiger partial charge in [-0.3, -0.25) is 4.79 Å². The van der Waals surface area contributed by atoms with Crippen molar-refractivity contribution in [3.8, 4) is 5.75 Å². The zero-order valence-corrected chi connectivity index (χ0v) is 13.8. The SMILES string of the molecule is C=CC(=O)NCc1cn2ccnc2c(Nc2cccc(OC(F)(F)F)c2)n1. The Morgan fingerprint density at radius 1 is 1.37 bits per heavy atom. The van der Waals surface area contributed by atoms with Crippen LogP contribution in [0.15, 0.2) is 55.5 Å². The van der Waals surface area contributed by atoms with Gasteiger partial charge in [-0.05, 0) is 18.2 Å². The van der Waals surface area contributed by atoms with Crippen LogP contribution in [0, 0.1) is 0 Å². The number of fused-ring (bicyclic) bond motifs is 1. The number of hydrogen-bond acceptors (Lipinski definition) is 5. The van der Waals surface area contributed by atoms with Gasteiger partial charge in [0.05, 0.1) is 12.2 Å². The van der Waals surface area contributed by atoms with Crippen LogP contribution in [0.2, 0.25) is 0 Å². The van der Waals surface area contributed by atoms with Crippen molar-refractivity contribution in [3.05, 3.63) is 61.2 Å². The quantitative estimate of drug-likeness (QED) is 0.645. The van der Waals surface area contributed by atoms with E-state index in [2.05, 4.69) is 31.9 Å². The Morgan fingerprint density at radius 3 is 2.93 bits per heavy atom. The van der Waals surface area contributed by atoms with Gasteiger partial charge in [0, 0.05) is 30.3 Å². The molecule has 0 atom stereocenters. The largest absolute Gasteiger partial charge is 0.573 e. The number of rotatable bonds is 6. The first-order valence-electron chi connectivity index (χ1n) is 7.70. The first-order chi connectivity index (χ1) is 12.8. The molecule has 2 aromatic heterocycles. The molecular formula is C17H14F3N5O2. The molecule has 140 valence electrons. The van der Waals surface area contributed by atoms with E-state index in [-0.39, 0.29) is 18.2 Å². The third-order valence-electron chi connectivity index (χ3n) is 3.38. The molecule has 0 saturated carbocycles. The summed E-state index contributed by atoms with van der Waals surface area (Å²) >= 11 is 0. The van der Waals surface area contributed by atoms with E-state index in [9.17, 15) is 18.0 Å². The fraction of sp³-hybridized carbons (Fsp3) is 0.118. The Hall–Kier alpha value is -3.56. The second-order valence-corrected chi connectivity index (χ2v) is 5.36. The molecule has 0 aliphatic heterocycles. The van der Waals surface area contributed by atoms with Crippen molar-refractivity contribution >= 4 is 23.1 Å². The van der Waals surface area contributed by atoms with Gasteiger partial charge >= 0.3 is 6.36 Å². The lowest BCUT2D eigenvalue weighted by Gasteiger charge is -2.12. The minimum Gasteiger partial charge on any atom is -0.406 e. The van der Waals surface area contributed by atoms with Crippen molar-refractivity contribution in [2.75, 3.05) is 5.32 Å². The third kappa shape index (κ3) is 4.75. The Balaban J connectivity index is 1.87. The maximum absolute atomic E-state index is 12.4. The van der Waals surface area contributed by atoms with E-state index < -0.39 is 6.36 Å². The van der Waals surface area contributed by atoms with Crippen molar-refractivity contribution in [2.24, 2.45) is 0 Å². The number of amides is 1. The van der Waals surface area contributed by atoms with Gasteiger partial charge in [0.1, 0.15) is 5.75 Å². The zero-order chi connectivity index (χ0) is 19.4. The Morgan fingerprint density at radius 2 is 2.19 bits per heavy atom. The molecule has 0 radical (unpaired) electrons. The predicted octanol–water partition coefficient (Wildman–Crippen LogP) is 3.17. The van der Waals surface area contributed by atoms with Gasteiger partial charge < -0.3 is 19.8 Å². The summed E-state index contributed by atoms with van der Waals surface area (Å²) in [5.41, 5.74) is 1.32. The van der Waals surface area contributed by atoms with Crippen molar-refractivity contribution in [3.63, 3.8) is 0 Å². The lowest BCUT2D eigenvalue weighted by molar-refractivity contribution is -0.274. The van der Waals surface area contributed by atoms with Gasteiger partial charge in [-0.15, -0.1) is 13.2 Å². The first-order valence-corrected chi connectivity index (χ1v) is 7.70. The van der Waals surface area contributed by atoms with Crippen molar-refractivity contribution in [1.29, 1.82) is 0 Å². The molecule has 0 spiro atoms. The van der Waals surface area contributed by atoms with Crippen LogP contribution in [-0.4, -0.2) is 26.6 Å². The molecular weight excluding hydrogens is 363 g/mol. The molecule has 3 rings (SSSR count). The number of carbonyl (C=O) groups is 1. The lowest BCUT2D eigenvalue weighted by atomic mass is 10.3. The highest BCUT2D eigenvalue weighted by atomic mass is 19.4. The minimum absolute atomic E-state index is 0.144. The molecule has 3 aromatic rings. The second kappa shape index (κ2) is 7.36. The highest BCUT2D eigenvalue weighted by Gasteiger charge is 2.31. The molecule has 10 heteroatoms. The molecule has 0 bridgehead atoms. The van der Waals surface area contributed by atoms with Crippen LogP contribution in [-0.2, 0) is 11.3 Å². The van der Waals surface area contributed by atoms with E-state index in [1.807, 2.05) is 0 Å². The summed E-state index contributed by atoms with van der Waals surface area (Å²) in [6.07, 6.45) is 1.28. The maximum Gasteiger partial charge on any atom is 0.573 e. The number of nitrogens with zero attached hydrogens (tertiary/aromatic N) is 3. The molecule has 27 heavy (non-hydrogen) atoms. The maximum atomic E-state index is 12.4. The number of aromatic nitrogens is 3. The minimum atomic E-state index is -4.78. The summed E-state index contributed by atoms with van der Waals surface area (Å²) in [5, 5.41) is 5.53. The number of anilines is 2. The molecule has 0 aliphatic rings. The average Bonchev–Trinajstić information content (AvgIpc) is 3.07. The van der Waals surface area contributed by atoms with Gasteiger partial charge in [-0.2, -0.15) is 0 Å². The fourth-order valence-electron chi connectivity index (χ4n) is 2.31. The summed E-state index contributed by atoms with van der Waals surface area (Å²) in [6.45, 7) is 3.51. The molecule has 0 fully saturated rings. The molecule has 1 amide bonds. The normalized spacial score (nSPS) is 11.2. The van der Waals surface area contributed by atoms with Crippen LogP contribution in [0.1, 0.15) is 5.69 Å². The number of alkyl halides is 3. The number of halogens is 3. The second-order valence-electron chi connectivity index (χ2n) is 5.36. The molecule has 7 nitrogen and oxygen atoms in total. The number of ether oxygens (including phenoxy) is 1. The Kier molecular flexibility index (Phi) is 4.97. The van der Waals surface area contributed by atoms with Crippen molar-refractivity contribution in [2.45, 2.75) is 12.9 Å². The number of carbonyl (C=O) groups excluding carboxylic acids is 1. The summed E-state index contributed by atoms with van der Waals surface area (Å²) in [6, 6.07) is 5.37. The van der Waals surface area contributed by atoms with E-state index in [0.717, 1.165) is 6.08 Å². The molecule has 1 aromatic carbocycles. The van der Waals surface area contributed by atoms with E-state index in [1.54, 1.807) is 29.1 Å². The highest BCUT2D eigenvalue weighted by molar-refractivity contribution is 5.86. The van der Waals surface area contributed by atoms with Crippen LogP contribution in [0.3, 0.4) is 0 Å². The van der Waals surface area contributed by atoms with Gasteiger partial charge in [0.25, 0.3) is 0 Å². The Bertz CT molecular complexity index is 984. The predicted molar refractivity (Wildman–Crippen MR) is 91.4 cm³/mol. The topological polar surface area (TPSA) is 80.6 Å². The smallest absolute Gasteiger partial charge is 0.406 e. The summed E-state index contributed by atoms with van der Waals surface area (Å²) in [4.78, 5) is 19.9.